The van der Waals surface area contributed by atoms with Gasteiger partial charge in [-0.25, -0.2) is 0 Å². The highest BCUT2D eigenvalue weighted by Crippen LogP contribution is 2.24. The molecular weight excluding hydrogens is 326 g/mol. The van der Waals surface area contributed by atoms with Crippen molar-refractivity contribution in [2.75, 3.05) is 11.9 Å². The van der Waals surface area contributed by atoms with Gasteiger partial charge < -0.3 is 9.64 Å². The van der Waals surface area contributed by atoms with Crippen LogP contribution in [0.4, 0.5) is 5.69 Å². The quantitative estimate of drug-likeness (QED) is 0.427. The lowest BCUT2D eigenvalue weighted by Gasteiger charge is -2.20. The lowest BCUT2D eigenvalue weighted by molar-refractivity contribution is 0.553. The van der Waals surface area contributed by atoms with E-state index in [1.807, 2.05) is 54.4 Å². The van der Waals surface area contributed by atoms with E-state index in [-0.39, 0.29) is 0 Å². The van der Waals surface area contributed by atoms with Crippen molar-refractivity contribution < 1.29 is 4.74 Å². The van der Waals surface area contributed by atoms with E-state index in [0.717, 1.165) is 16.8 Å². The van der Waals surface area contributed by atoms with Crippen LogP contribution in [0.2, 0.25) is 0 Å². The third-order valence-electron chi connectivity index (χ3n) is 4.32. The minimum atomic E-state index is 0.422. The Kier molecular flexibility index (Phi) is 4.08. The first-order chi connectivity index (χ1) is 12.2. The molecule has 3 heteroatoms. The van der Waals surface area contributed by atoms with Gasteiger partial charge in [0.25, 0.3) is 5.17 Å². The molecule has 4 aromatic rings. The Morgan fingerprint density at radius 1 is 0.720 bits per heavy atom. The third-order valence-corrected chi connectivity index (χ3v) is 4.68. The summed E-state index contributed by atoms with van der Waals surface area (Å²) in [6.45, 7) is 0. The van der Waals surface area contributed by atoms with Gasteiger partial charge in [0, 0.05) is 12.7 Å². The molecule has 0 bridgehead atoms. The van der Waals surface area contributed by atoms with Crippen LogP contribution in [0.15, 0.2) is 84.9 Å². The zero-order chi connectivity index (χ0) is 17.2. The van der Waals surface area contributed by atoms with E-state index in [1.165, 1.54) is 16.2 Å². The van der Waals surface area contributed by atoms with E-state index >= 15 is 0 Å². The number of anilines is 1. The standard InChI is InChI=1S/C22H17NOS/c1-23(20-12-10-16-6-2-4-8-18(16)14-20)22(25)24-21-13-11-17-7-3-5-9-19(17)15-21/h2-15H,1H3. The van der Waals surface area contributed by atoms with Gasteiger partial charge >= 0.3 is 0 Å². The summed E-state index contributed by atoms with van der Waals surface area (Å²) in [5.74, 6) is 0.747. The summed E-state index contributed by atoms with van der Waals surface area (Å²) in [4.78, 5) is 1.89. The first-order valence-corrected chi connectivity index (χ1v) is 8.55. The van der Waals surface area contributed by atoms with Gasteiger partial charge in [-0.1, -0.05) is 60.7 Å². The van der Waals surface area contributed by atoms with Crippen LogP contribution in [0.25, 0.3) is 21.5 Å². The van der Waals surface area contributed by atoms with Gasteiger partial charge in [0.05, 0.1) is 0 Å². The molecule has 4 aromatic carbocycles. The van der Waals surface area contributed by atoms with Crippen LogP contribution in [-0.2, 0) is 0 Å². The molecule has 0 radical (unpaired) electrons. The first-order valence-electron chi connectivity index (χ1n) is 8.14. The summed E-state index contributed by atoms with van der Waals surface area (Å²) in [5.41, 5.74) is 1.00. The largest absolute Gasteiger partial charge is 0.432 e. The third kappa shape index (κ3) is 3.19. The van der Waals surface area contributed by atoms with E-state index in [4.69, 9.17) is 17.0 Å². The normalized spacial score (nSPS) is 10.8. The van der Waals surface area contributed by atoms with Gasteiger partial charge in [-0.3, -0.25) is 0 Å². The minimum absolute atomic E-state index is 0.422. The van der Waals surface area contributed by atoms with Crippen LogP contribution in [0.5, 0.6) is 5.75 Å². The predicted molar refractivity (Wildman–Crippen MR) is 110 cm³/mol. The molecule has 2 nitrogen and oxygen atoms in total. The second-order valence-corrected chi connectivity index (χ2v) is 6.32. The lowest BCUT2D eigenvalue weighted by atomic mass is 10.1. The van der Waals surface area contributed by atoms with Crippen molar-refractivity contribution in [2.45, 2.75) is 0 Å². The van der Waals surface area contributed by atoms with Crippen LogP contribution in [0.3, 0.4) is 0 Å². The average molecular weight is 343 g/mol. The van der Waals surface area contributed by atoms with Gasteiger partial charge in [0.2, 0.25) is 0 Å². The van der Waals surface area contributed by atoms with Crippen LogP contribution in [0.1, 0.15) is 0 Å². The van der Waals surface area contributed by atoms with E-state index in [2.05, 4.69) is 42.5 Å². The molecule has 0 saturated heterocycles. The molecule has 0 aliphatic rings. The molecule has 4 rings (SSSR count). The molecule has 25 heavy (non-hydrogen) atoms. The Morgan fingerprint density at radius 2 is 1.28 bits per heavy atom. The van der Waals surface area contributed by atoms with Crippen LogP contribution in [-0.4, -0.2) is 12.2 Å². The number of hydrogen-bond acceptors (Lipinski definition) is 2. The van der Waals surface area contributed by atoms with E-state index in [0.29, 0.717) is 5.17 Å². The highest BCUT2D eigenvalue weighted by atomic mass is 32.1. The SMILES string of the molecule is CN(C(=S)Oc1ccc2ccccc2c1)c1ccc2ccccc2c1. The molecule has 0 saturated carbocycles. The highest BCUT2D eigenvalue weighted by molar-refractivity contribution is 7.80. The fraction of sp³-hybridized carbons (Fsp3) is 0.0455. The predicted octanol–water partition coefficient (Wildman–Crippen LogP) is 5.79. The second kappa shape index (κ2) is 6.54. The van der Waals surface area contributed by atoms with E-state index in [9.17, 15) is 0 Å². The highest BCUT2D eigenvalue weighted by Gasteiger charge is 2.10. The van der Waals surface area contributed by atoms with Crippen molar-refractivity contribution in [2.24, 2.45) is 0 Å². The molecule has 0 spiro atoms. The Hall–Kier alpha value is -2.91. The average Bonchev–Trinajstić information content (AvgIpc) is 2.67. The molecule has 0 N–H and O–H groups in total. The number of hydrogen-bond donors (Lipinski definition) is 0. The first kappa shape index (κ1) is 15.6. The Balaban J connectivity index is 1.57. The van der Waals surface area contributed by atoms with Crippen molar-refractivity contribution >= 4 is 44.6 Å². The Labute approximate surface area is 152 Å². The lowest BCUT2D eigenvalue weighted by Crippen LogP contribution is -2.29. The second-order valence-electron chi connectivity index (χ2n) is 5.97. The summed E-state index contributed by atoms with van der Waals surface area (Å²) in [6, 6.07) is 28.7. The molecule has 0 aliphatic carbocycles. The maximum Gasteiger partial charge on any atom is 0.269 e. The van der Waals surface area contributed by atoms with Crippen molar-refractivity contribution in [1.29, 1.82) is 0 Å². The molecule has 0 heterocycles. The topological polar surface area (TPSA) is 12.5 Å². The van der Waals surface area contributed by atoms with Crippen LogP contribution in [0, 0.1) is 0 Å². The summed E-state index contributed by atoms with van der Waals surface area (Å²) in [6.07, 6.45) is 0. The smallest absolute Gasteiger partial charge is 0.269 e. The number of benzene rings is 4. The molecule has 0 unspecified atom stereocenters. The number of ether oxygens (including phenoxy) is 1. The summed E-state index contributed by atoms with van der Waals surface area (Å²) >= 11 is 5.49. The number of rotatable bonds is 2. The maximum absolute atomic E-state index is 5.91. The maximum atomic E-state index is 5.91. The van der Waals surface area contributed by atoms with E-state index < -0.39 is 0 Å². The number of nitrogens with zero attached hydrogens (tertiary/aromatic N) is 1. The Bertz CT molecular complexity index is 1070. The summed E-state index contributed by atoms with van der Waals surface area (Å²) in [5, 5.41) is 5.13. The molecule has 0 amide bonds. The fourth-order valence-electron chi connectivity index (χ4n) is 2.89. The van der Waals surface area contributed by atoms with Gasteiger partial charge in [0.15, 0.2) is 0 Å². The van der Waals surface area contributed by atoms with Crippen molar-refractivity contribution in [3.63, 3.8) is 0 Å². The van der Waals surface area contributed by atoms with Gasteiger partial charge in [-0.2, -0.15) is 0 Å². The Morgan fingerprint density at radius 3 is 1.96 bits per heavy atom. The number of thiocarbonyl (C=S) groups is 1. The van der Waals surface area contributed by atoms with Crippen LogP contribution < -0.4 is 9.64 Å². The van der Waals surface area contributed by atoms with Crippen molar-refractivity contribution in [3.8, 4) is 5.75 Å². The molecule has 0 aromatic heterocycles. The summed E-state index contributed by atoms with van der Waals surface area (Å²) in [7, 11) is 1.92. The molecule has 122 valence electrons. The monoisotopic (exact) mass is 343 g/mol. The van der Waals surface area contributed by atoms with E-state index in [1.54, 1.807) is 0 Å². The molecule has 0 aliphatic heterocycles. The minimum Gasteiger partial charge on any atom is -0.432 e. The van der Waals surface area contributed by atoms with Gasteiger partial charge in [-0.05, 0) is 58.0 Å². The molecule has 0 atom stereocenters. The number of fused-ring (bicyclic) bond motifs is 2. The summed E-state index contributed by atoms with van der Waals surface area (Å²) < 4.78 is 5.91. The van der Waals surface area contributed by atoms with Crippen LogP contribution >= 0.6 is 12.2 Å². The molecule has 0 fully saturated rings. The van der Waals surface area contributed by atoms with Crippen molar-refractivity contribution in [1.82, 2.24) is 0 Å². The van der Waals surface area contributed by atoms with Crippen molar-refractivity contribution in [3.05, 3.63) is 84.9 Å². The fourth-order valence-corrected chi connectivity index (χ4v) is 3.09. The molecular formula is C22H17NOS. The zero-order valence-electron chi connectivity index (χ0n) is 13.8. The zero-order valence-corrected chi connectivity index (χ0v) is 14.7. The van der Waals surface area contributed by atoms with Gasteiger partial charge in [0.1, 0.15) is 5.75 Å². The van der Waals surface area contributed by atoms with Gasteiger partial charge in [-0.15, -0.1) is 0 Å².